The highest BCUT2D eigenvalue weighted by Crippen LogP contribution is 2.07. The number of pyridine rings is 1. The first-order valence-electron chi connectivity index (χ1n) is 3.74. The zero-order chi connectivity index (χ0) is 8.10. The Hall–Kier alpha value is -1.25. The predicted octanol–water partition coefficient (Wildman–Crippen LogP) is 1.56. The highest BCUT2D eigenvalue weighted by molar-refractivity contribution is 5.46. The minimum Gasteiger partial charge on any atom is -0.387 e. The molecule has 0 radical (unpaired) electrons. The summed E-state index contributed by atoms with van der Waals surface area (Å²) in [6, 6.07) is 3.94. The molecule has 0 aliphatic carbocycles. The fourth-order valence-electron chi connectivity index (χ4n) is 0.827. The molecule has 0 fully saturated rings. The van der Waals surface area contributed by atoms with Gasteiger partial charge >= 0.3 is 0 Å². The normalized spacial score (nSPS) is 9.27. The van der Waals surface area contributed by atoms with Crippen molar-refractivity contribution in [3.63, 3.8) is 0 Å². The van der Waals surface area contributed by atoms with E-state index in [9.17, 15) is 0 Å². The number of anilines is 2. The van der Waals surface area contributed by atoms with Crippen molar-refractivity contribution in [1.82, 2.24) is 4.98 Å². The van der Waals surface area contributed by atoms with Crippen LogP contribution in [0.4, 0.5) is 11.5 Å². The number of hydrogen-bond donors (Lipinski definition) is 2. The van der Waals surface area contributed by atoms with Crippen LogP contribution in [-0.4, -0.2) is 18.6 Å². The molecule has 0 amide bonds. The van der Waals surface area contributed by atoms with E-state index in [1.807, 2.05) is 26.1 Å². The summed E-state index contributed by atoms with van der Waals surface area (Å²) in [6.07, 6.45) is 1.80. The molecular weight excluding hydrogens is 138 g/mol. The van der Waals surface area contributed by atoms with Crippen molar-refractivity contribution in [3.8, 4) is 0 Å². The van der Waals surface area contributed by atoms with E-state index in [1.165, 1.54) is 0 Å². The molecule has 1 aromatic heterocycles. The van der Waals surface area contributed by atoms with Gasteiger partial charge in [-0.05, 0) is 19.1 Å². The summed E-state index contributed by atoms with van der Waals surface area (Å²) in [4.78, 5) is 4.17. The van der Waals surface area contributed by atoms with Crippen molar-refractivity contribution in [1.29, 1.82) is 0 Å². The monoisotopic (exact) mass is 151 g/mol. The highest BCUT2D eigenvalue weighted by atomic mass is 15.0. The third-order valence-electron chi connectivity index (χ3n) is 1.41. The number of aromatic nitrogens is 1. The van der Waals surface area contributed by atoms with Gasteiger partial charge in [-0.15, -0.1) is 0 Å². The molecule has 0 saturated heterocycles. The van der Waals surface area contributed by atoms with Crippen LogP contribution in [0.3, 0.4) is 0 Å². The summed E-state index contributed by atoms with van der Waals surface area (Å²) in [5.41, 5.74) is 1.03. The second-order valence-electron chi connectivity index (χ2n) is 2.21. The Morgan fingerprint density at radius 1 is 1.45 bits per heavy atom. The molecule has 3 nitrogen and oxygen atoms in total. The van der Waals surface area contributed by atoms with Gasteiger partial charge in [-0.1, -0.05) is 0 Å². The van der Waals surface area contributed by atoms with Crippen LogP contribution in [0.1, 0.15) is 6.92 Å². The predicted molar refractivity (Wildman–Crippen MR) is 47.9 cm³/mol. The second-order valence-corrected chi connectivity index (χ2v) is 2.21. The van der Waals surface area contributed by atoms with Gasteiger partial charge in [0.2, 0.25) is 0 Å². The molecule has 0 saturated carbocycles. The number of nitrogens with zero attached hydrogens (tertiary/aromatic N) is 1. The SMILES string of the molecule is CCNc1ccc(NC)cn1. The molecule has 1 heterocycles. The Bertz CT molecular complexity index is 205. The van der Waals surface area contributed by atoms with Crippen LogP contribution in [-0.2, 0) is 0 Å². The van der Waals surface area contributed by atoms with Gasteiger partial charge in [0, 0.05) is 13.6 Å². The number of nitrogens with one attached hydrogen (secondary N) is 2. The molecule has 0 bridgehead atoms. The first-order chi connectivity index (χ1) is 5.36. The Kier molecular flexibility index (Phi) is 2.72. The third kappa shape index (κ3) is 2.11. The summed E-state index contributed by atoms with van der Waals surface area (Å²) in [5.74, 6) is 0.923. The zero-order valence-electron chi connectivity index (χ0n) is 6.89. The van der Waals surface area contributed by atoms with Crippen LogP contribution in [0.2, 0.25) is 0 Å². The lowest BCUT2D eigenvalue weighted by Crippen LogP contribution is -1.99. The Morgan fingerprint density at radius 3 is 2.73 bits per heavy atom. The quantitative estimate of drug-likeness (QED) is 0.688. The minimum absolute atomic E-state index is 0.909. The molecule has 1 aromatic rings. The van der Waals surface area contributed by atoms with Crippen LogP contribution >= 0.6 is 0 Å². The molecule has 0 spiro atoms. The maximum absolute atomic E-state index is 4.17. The first-order valence-corrected chi connectivity index (χ1v) is 3.74. The molecule has 0 aliphatic heterocycles. The van der Waals surface area contributed by atoms with Crippen LogP contribution < -0.4 is 10.6 Å². The zero-order valence-corrected chi connectivity index (χ0v) is 6.89. The Morgan fingerprint density at radius 2 is 2.27 bits per heavy atom. The lowest BCUT2D eigenvalue weighted by molar-refractivity contribution is 1.16. The van der Waals surface area contributed by atoms with E-state index < -0.39 is 0 Å². The molecule has 0 aromatic carbocycles. The van der Waals surface area contributed by atoms with Gasteiger partial charge < -0.3 is 10.6 Å². The molecule has 2 N–H and O–H groups in total. The van der Waals surface area contributed by atoms with Crippen molar-refractivity contribution in [3.05, 3.63) is 18.3 Å². The van der Waals surface area contributed by atoms with E-state index in [2.05, 4.69) is 15.6 Å². The average molecular weight is 151 g/mol. The molecule has 11 heavy (non-hydrogen) atoms. The Balaban J connectivity index is 2.66. The summed E-state index contributed by atoms with van der Waals surface area (Å²) < 4.78 is 0. The van der Waals surface area contributed by atoms with Gasteiger partial charge in [0.05, 0.1) is 11.9 Å². The van der Waals surface area contributed by atoms with Gasteiger partial charge in [-0.3, -0.25) is 0 Å². The largest absolute Gasteiger partial charge is 0.387 e. The van der Waals surface area contributed by atoms with Crippen LogP contribution in [0.15, 0.2) is 18.3 Å². The molecular formula is C8H13N3. The average Bonchev–Trinajstić information content (AvgIpc) is 2.07. The van der Waals surface area contributed by atoms with Gasteiger partial charge in [0.15, 0.2) is 0 Å². The highest BCUT2D eigenvalue weighted by Gasteiger charge is 1.90. The van der Waals surface area contributed by atoms with Crippen molar-refractivity contribution >= 4 is 11.5 Å². The lowest BCUT2D eigenvalue weighted by atomic mass is 10.4. The van der Waals surface area contributed by atoms with Crippen molar-refractivity contribution in [2.75, 3.05) is 24.2 Å². The van der Waals surface area contributed by atoms with Crippen molar-refractivity contribution < 1.29 is 0 Å². The van der Waals surface area contributed by atoms with Crippen LogP contribution in [0.25, 0.3) is 0 Å². The van der Waals surface area contributed by atoms with Crippen LogP contribution in [0.5, 0.6) is 0 Å². The third-order valence-corrected chi connectivity index (χ3v) is 1.41. The maximum Gasteiger partial charge on any atom is 0.126 e. The van der Waals surface area contributed by atoms with Gasteiger partial charge in [-0.2, -0.15) is 0 Å². The van der Waals surface area contributed by atoms with Crippen LogP contribution in [0, 0.1) is 0 Å². The topological polar surface area (TPSA) is 37.0 Å². The Labute approximate surface area is 66.8 Å². The molecule has 1 rings (SSSR count). The van der Waals surface area contributed by atoms with Gasteiger partial charge in [0.25, 0.3) is 0 Å². The van der Waals surface area contributed by atoms with Crippen molar-refractivity contribution in [2.45, 2.75) is 6.92 Å². The summed E-state index contributed by atoms with van der Waals surface area (Å²) in [6.45, 7) is 2.96. The molecule has 0 unspecified atom stereocenters. The standard InChI is InChI=1S/C8H13N3/c1-3-10-8-5-4-7(9-2)6-11-8/h4-6,9H,3H2,1-2H3,(H,10,11). The fourth-order valence-corrected chi connectivity index (χ4v) is 0.827. The van der Waals surface area contributed by atoms with E-state index in [4.69, 9.17) is 0 Å². The van der Waals surface area contributed by atoms with Crippen molar-refractivity contribution in [2.24, 2.45) is 0 Å². The summed E-state index contributed by atoms with van der Waals surface area (Å²) in [5, 5.41) is 6.13. The van der Waals surface area contributed by atoms with Gasteiger partial charge in [-0.25, -0.2) is 4.98 Å². The molecule has 0 aliphatic rings. The van der Waals surface area contributed by atoms with E-state index in [0.29, 0.717) is 0 Å². The lowest BCUT2D eigenvalue weighted by Gasteiger charge is -2.02. The molecule has 60 valence electrons. The number of hydrogen-bond acceptors (Lipinski definition) is 3. The number of rotatable bonds is 3. The van der Waals surface area contributed by atoms with E-state index in [0.717, 1.165) is 18.1 Å². The summed E-state index contributed by atoms with van der Waals surface area (Å²) in [7, 11) is 1.88. The van der Waals surface area contributed by atoms with E-state index in [1.54, 1.807) is 6.20 Å². The molecule has 3 heteroatoms. The minimum atomic E-state index is 0.909. The van der Waals surface area contributed by atoms with E-state index in [-0.39, 0.29) is 0 Å². The fraction of sp³-hybridized carbons (Fsp3) is 0.375. The molecule has 0 atom stereocenters. The summed E-state index contributed by atoms with van der Waals surface area (Å²) >= 11 is 0. The first kappa shape index (κ1) is 7.85. The second kappa shape index (κ2) is 3.81. The van der Waals surface area contributed by atoms with E-state index >= 15 is 0 Å². The smallest absolute Gasteiger partial charge is 0.126 e. The maximum atomic E-state index is 4.17. The van der Waals surface area contributed by atoms with Gasteiger partial charge in [0.1, 0.15) is 5.82 Å².